The fraction of sp³-hybridized carbons (Fsp3) is 0.619. The van der Waals surface area contributed by atoms with Gasteiger partial charge in [0, 0.05) is 42.8 Å². The number of carbonyl (C=O) groups is 1. The maximum atomic E-state index is 12.3. The zero-order valence-corrected chi connectivity index (χ0v) is 16.0. The van der Waals surface area contributed by atoms with Crippen molar-refractivity contribution in [3.8, 4) is 0 Å². The molecule has 2 aliphatic rings. The molecule has 2 aromatic rings. The highest BCUT2D eigenvalue weighted by Crippen LogP contribution is 2.53. The predicted octanol–water partition coefficient (Wildman–Crippen LogP) is 2.68. The molecule has 0 unspecified atom stereocenters. The van der Waals surface area contributed by atoms with Gasteiger partial charge in [0.1, 0.15) is 5.65 Å². The molecule has 1 spiro atoms. The first kappa shape index (κ1) is 17.5. The summed E-state index contributed by atoms with van der Waals surface area (Å²) in [6.07, 6.45) is 6.27. The Morgan fingerprint density at radius 1 is 1.38 bits per heavy atom. The largest absolute Gasteiger partial charge is 0.396 e. The van der Waals surface area contributed by atoms with E-state index in [9.17, 15) is 9.90 Å². The molecule has 1 saturated heterocycles. The Hall–Kier alpha value is -1.88. The van der Waals surface area contributed by atoms with Crippen LogP contribution in [0.1, 0.15) is 37.4 Å². The number of nitrogens with zero attached hydrogens (tertiary/aromatic N) is 3. The molecular formula is C21H29N3O2. The lowest BCUT2D eigenvalue weighted by Crippen LogP contribution is -2.64. The quantitative estimate of drug-likeness (QED) is 0.897. The molecule has 1 saturated carbocycles. The average molecular weight is 355 g/mol. The van der Waals surface area contributed by atoms with Gasteiger partial charge in [-0.2, -0.15) is 0 Å². The van der Waals surface area contributed by atoms with Gasteiger partial charge in [0.15, 0.2) is 0 Å². The standard InChI is InChI=1S/C21H29N3O2/c1-4-16(11-25)20(26)24-12-21(13-24)8-15(9-21)7-17-5-6-18-14(2)10-23(3)19(18)22-17/h5-6,10,15-16,25H,4,7-9,11-13H2,1-3H3/t16-/m1/s1. The lowest BCUT2D eigenvalue weighted by atomic mass is 9.56. The van der Waals surface area contributed by atoms with Crippen molar-refractivity contribution in [2.75, 3.05) is 19.7 Å². The minimum Gasteiger partial charge on any atom is -0.396 e. The van der Waals surface area contributed by atoms with E-state index in [2.05, 4.69) is 36.9 Å². The summed E-state index contributed by atoms with van der Waals surface area (Å²) >= 11 is 0. The van der Waals surface area contributed by atoms with Crippen molar-refractivity contribution in [1.29, 1.82) is 0 Å². The van der Waals surface area contributed by atoms with Crippen LogP contribution in [-0.4, -0.2) is 45.2 Å². The van der Waals surface area contributed by atoms with Crippen LogP contribution in [0.4, 0.5) is 0 Å². The molecule has 1 aliphatic carbocycles. The molecule has 2 fully saturated rings. The second-order valence-electron chi connectivity index (χ2n) is 8.56. The van der Waals surface area contributed by atoms with E-state index in [1.807, 2.05) is 11.8 Å². The molecule has 0 radical (unpaired) electrons. The Balaban J connectivity index is 1.32. The number of hydrogen-bond donors (Lipinski definition) is 1. The second-order valence-corrected chi connectivity index (χ2v) is 8.56. The lowest BCUT2D eigenvalue weighted by Gasteiger charge is -2.59. The third-order valence-electron chi connectivity index (χ3n) is 6.45. The number of hydrogen-bond acceptors (Lipinski definition) is 3. The highest BCUT2D eigenvalue weighted by molar-refractivity contribution is 5.80. The summed E-state index contributed by atoms with van der Waals surface area (Å²) in [6.45, 7) is 5.81. The zero-order valence-electron chi connectivity index (χ0n) is 16.0. The van der Waals surface area contributed by atoms with Crippen LogP contribution in [0.3, 0.4) is 0 Å². The van der Waals surface area contributed by atoms with E-state index in [0.717, 1.165) is 25.2 Å². The first-order valence-electron chi connectivity index (χ1n) is 9.76. The maximum Gasteiger partial charge on any atom is 0.228 e. The minimum atomic E-state index is -0.215. The Morgan fingerprint density at radius 2 is 2.12 bits per heavy atom. The summed E-state index contributed by atoms with van der Waals surface area (Å²) < 4.78 is 2.11. The molecule has 1 atom stereocenters. The predicted molar refractivity (Wildman–Crippen MR) is 102 cm³/mol. The van der Waals surface area contributed by atoms with Gasteiger partial charge < -0.3 is 14.6 Å². The van der Waals surface area contributed by atoms with Crippen molar-refractivity contribution in [1.82, 2.24) is 14.5 Å². The monoisotopic (exact) mass is 355 g/mol. The topological polar surface area (TPSA) is 58.4 Å². The summed E-state index contributed by atoms with van der Waals surface area (Å²) in [4.78, 5) is 19.1. The number of aryl methyl sites for hydroxylation is 2. The Bertz CT molecular complexity index is 823. The number of pyridine rings is 1. The van der Waals surface area contributed by atoms with Crippen LogP contribution in [0.25, 0.3) is 11.0 Å². The molecule has 5 heteroatoms. The fourth-order valence-corrected chi connectivity index (χ4v) is 5.02. The number of likely N-dealkylation sites (tertiary alicyclic amines) is 1. The summed E-state index contributed by atoms with van der Waals surface area (Å²) in [5.41, 5.74) is 3.87. The van der Waals surface area contributed by atoms with Crippen molar-refractivity contribution in [2.24, 2.45) is 24.3 Å². The number of carbonyl (C=O) groups excluding carboxylic acids is 1. The van der Waals surface area contributed by atoms with E-state index in [1.54, 1.807) is 0 Å². The molecule has 0 aromatic carbocycles. The van der Waals surface area contributed by atoms with Crippen molar-refractivity contribution in [2.45, 2.75) is 39.5 Å². The van der Waals surface area contributed by atoms with Crippen LogP contribution in [0.5, 0.6) is 0 Å². The molecule has 4 rings (SSSR count). The first-order valence-corrected chi connectivity index (χ1v) is 9.76. The maximum absolute atomic E-state index is 12.3. The van der Waals surface area contributed by atoms with Gasteiger partial charge in [0.2, 0.25) is 5.91 Å². The van der Waals surface area contributed by atoms with Gasteiger partial charge in [-0.3, -0.25) is 4.79 Å². The van der Waals surface area contributed by atoms with E-state index in [4.69, 9.17) is 4.98 Å². The molecule has 1 amide bonds. The van der Waals surface area contributed by atoms with Crippen LogP contribution in [-0.2, 0) is 18.3 Å². The van der Waals surface area contributed by atoms with E-state index in [-0.39, 0.29) is 18.4 Å². The van der Waals surface area contributed by atoms with E-state index in [1.165, 1.54) is 29.5 Å². The van der Waals surface area contributed by atoms with Gasteiger partial charge in [0.05, 0.1) is 12.5 Å². The molecule has 1 N–H and O–H groups in total. The van der Waals surface area contributed by atoms with Gasteiger partial charge in [-0.05, 0) is 56.2 Å². The van der Waals surface area contributed by atoms with Gasteiger partial charge in [-0.25, -0.2) is 4.98 Å². The Labute approximate surface area is 155 Å². The van der Waals surface area contributed by atoms with Crippen LogP contribution < -0.4 is 0 Å². The lowest BCUT2D eigenvalue weighted by molar-refractivity contribution is -0.160. The number of fused-ring (bicyclic) bond motifs is 1. The third-order valence-corrected chi connectivity index (χ3v) is 6.45. The second kappa shape index (κ2) is 6.38. The molecule has 2 aromatic heterocycles. The summed E-state index contributed by atoms with van der Waals surface area (Å²) in [5, 5.41) is 10.6. The van der Waals surface area contributed by atoms with E-state index < -0.39 is 0 Å². The molecule has 5 nitrogen and oxygen atoms in total. The number of amides is 1. The fourth-order valence-electron chi connectivity index (χ4n) is 5.02. The summed E-state index contributed by atoms with van der Waals surface area (Å²) in [7, 11) is 2.06. The van der Waals surface area contributed by atoms with Crippen molar-refractivity contribution in [3.05, 3.63) is 29.6 Å². The number of aliphatic hydroxyl groups is 1. The highest BCUT2D eigenvalue weighted by Gasteiger charge is 2.53. The van der Waals surface area contributed by atoms with Crippen molar-refractivity contribution >= 4 is 16.9 Å². The van der Waals surface area contributed by atoms with Gasteiger partial charge in [-0.15, -0.1) is 0 Å². The molecule has 1 aliphatic heterocycles. The summed E-state index contributed by atoms with van der Waals surface area (Å²) in [6, 6.07) is 4.37. The number of aromatic nitrogens is 2. The van der Waals surface area contributed by atoms with E-state index in [0.29, 0.717) is 17.8 Å². The Kier molecular flexibility index (Phi) is 4.30. The molecule has 26 heavy (non-hydrogen) atoms. The van der Waals surface area contributed by atoms with Crippen molar-refractivity contribution < 1.29 is 9.90 Å². The molecule has 3 heterocycles. The van der Waals surface area contributed by atoms with Gasteiger partial charge in [0.25, 0.3) is 0 Å². The van der Waals surface area contributed by atoms with Crippen LogP contribution >= 0.6 is 0 Å². The normalized spacial score (nSPS) is 20.2. The molecular weight excluding hydrogens is 326 g/mol. The van der Waals surface area contributed by atoms with Crippen LogP contribution in [0.15, 0.2) is 18.3 Å². The first-order chi connectivity index (χ1) is 12.4. The highest BCUT2D eigenvalue weighted by atomic mass is 16.3. The minimum absolute atomic E-state index is 0.0335. The van der Waals surface area contributed by atoms with E-state index >= 15 is 0 Å². The third kappa shape index (κ3) is 2.82. The van der Waals surface area contributed by atoms with Crippen molar-refractivity contribution in [3.63, 3.8) is 0 Å². The van der Waals surface area contributed by atoms with Crippen LogP contribution in [0, 0.1) is 24.2 Å². The summed E-state index contributed by atoms with van der Waals surface area (Å²) in [5.74, 6) is 0.599. The van der Waals surface area contributed by atoms with Crippen LogP contribution in [0.2, 0.25) is 0 Å². The van der Waals surface area contributed by atoms with Gasteiger partial charge in [-0.1, -0.05) is 6.92 Å². The SMILES string of the molecule is CC[C@H](CO)C(=O)N1CC2(CC(Cc3ccc4c(C)cn(C)c4n3)C2)C1. The molecule has 140 valence electrons. The average Bonchev–Trinajstić information content (AvgIpc) is 2.83. The van der Waals surface area contributed by atoms with Gasteiger partial charge >= 0.3 is 0 Å². The smallest absolute Gasteiger partial charge is 0.228 e. The number of rotatable bonds is 5. The Morgan fingerprint density at radius 3 is 2.77 bits per heavy atom. The zero-order chi connectivity index (χ0) is 18.5. The molecule has 0 bridgehead atoms. The number of aliphatic hydroxyl groups excluding tert-OH is 1.